The Morgan fingerprint density at radius 2 is 1.59 bits per heavy atom. The van der Waals surface area contributed by atoms with Gasteiger partial charge in [-0.25, -0.2) is 0 Å². The van der Waals surface area contributed by atoms with Crippen LogP contribution in [0, 0.1) is 0 Å². The van der Waals surface area contributed by atoms with Gasteiger partial charge in [-0.2, -0.15) is 0 Å². The molecule has 0 aromatic heterocycles. The number of nitrogens with one attached hydrogen (secondary N) is 2. The molecule has 0 spiro atoms. The second kappa shape index (κ2) is 8.81. The molecule has 116 valence electrons. The van der Waals surface area contributed by atoms with E-state index in [-0.39, 0.29) is 0 Å². The Bertz CT molecular complexity index is 589. The fraction of sp³-hybridized carbons (Fsp3) is 0.278. The van der Waals surface area contributed by atoms with Gasteiger partial charge in [0.1, 0.15) is 0 Å². The zero-order chi connectivity index (χ0) is 15.8. The predicted molar refractivity (Wildman–Crippen MR) is 102 cm³/mol. The number of rotatable bonds is 6. The molecule has 2 nitrogen and oxygen atoms in total. The van der Waals surface area contributed by atoms with Gasteiger partial charge in [0.15, 0.2) is 4.32 Å². The van der Waals surface area contributed by atoms with Crippen LogP contribution in [0.4, 0.5) is 5.69 Å². The first kappa shape index (κ1) is 16.8. The minimum Gasteiger partial charge on any atom is -0.299 e. The molecule has 2 aromatic carbocycles. The van der Waals surface area contributed by atoms with Crippen LogP contribution in [-0.4, -0.2) is 4.32 Å². The van der Waals surface area contributed by atoms with Crippen molar-refractivity contribution >= 4 is 34.0 Å². The van der Waals surface area contributed by atoms with Gasteiger partial charge in [0.2, 0.25) is 0 Å². The highest BCUT2D eigenvalue weighted by molar-refractivity contribution is 8.22. The fourth-order valence-corrected chi connectivity index (χ4v) is 3.12. The first-order valence-electron chi connectivity index (χ1n) is 7.58. The van der Waals surface area contributed by atoms with Crippen molar-refractivity contribution in [2.45, 2.75) is 32.4 Å². The molecule has 0 aliphatic carbocycles. The van der Waals surface area contributed by atoms with Crippen molar-refractivity contribution in [3.05, 3.63) is 65.2 Å². The van der Waals surface area contributed by atoms with Crippen LogP contribution in [0.15, 0.2) is 48.5 Å². The molecule has 2 N–H and O–H groups in total. The highest BCUT2D eigenvalue weighted by Crippen LogP contribution is 2.22. The van der Waals surface area contributed by atoms with E-state index in [9.17, 15) is 0 Å². The van der Waals surface area contributed by atoms with Gasteiger partial charge in [-0.3, -0.25) is 10.9 Å². The minimum atomic E-state index is 0.761. The summed E-state index contributed by atoms with van der Waals surface area (Å²) >= 11 is 7.03. The van der Waals surface area contributed by atoms with E-state index < -0.39 is 0 Å². The van der Waals surface area contributed by atoms with Crippen molar-refractivity contribution in [3.8, 4) is 0 Å². The van der Waals surface area contributed by atoms with E-state index >= 15 is 0 Å². The SMILES string of the molecule is CCc1cccc(CC)c1NNC(=S)SCc1ccccc1. The highest BCUT2D eigenvalue weighted by Gasteiger charge is 2.06. The molecule has 2 rings (SSSR count). The fourth-order valence-electron chi connectivity index (χ4n) is 2.28. The number of hydrogen-bond acceptors (Lipinski definition) is 3. The molecule has 0 aliphatic rings. The molecule has 0 saturated carbocycles. The molecule has 0 fully saturated rings. The molecule has 0 bridgehead atoms. The third-order valence-electron chi connectivity index (χ3n) is 3.50. The summed E-state index contributed by atoms with van der Waals surface area (Å²) in [7, 11) is 0. The van der Waals surface area contributed by atoms with Crippen molar-refractivity contribution in [2.24, 2.45) is 0 Å². The topological polar surface area (TPSA) is 24.1 Å². The van der Waals surface area contributed by atoms with Gasteiger partial charge in [-0.1, -0.05) is 86.4 Å². The molecule has 0 heterocycles. The molecule has 22 heavy (non-hydrogen) atoms. The maximum Gasteiger partial charge on any atom is 0.152 e. The van der Waals surface area contributed by atoms with Gasteiger partial charge in [-0.05, 0) is 29.5 Å². The predicted octanol–water partition coefficient (Wildman–Crippen LogP) is 4.95. The van der Waals surface area contributed by atoms with E-state index in [1.165, 1.54) is 16.7 Å². The van der Waals surface area contributed by atoms with Gasteiger partial charge in [-0.15, -0.1) is 0 Å². The van der Waals surface area contributed by atoms with Gasteiger partial charge in [0, 0.05) is 5.75 Å². The maximum absolute atomic E-state index is 5.40. The van der Waals surface area contributed by atoms with Gasteiger partial charge >= 0.3 is 0 Å². The molecule has 0 unspecified atom stereocenters. The standard InChI is InChI=1S/C18H22N2S2/c1-3-15-11-8-12-16(4-2)17(15)19-20-18(21)22-13-14-9-6-5-7-10-14/h5-12,19H,3-4,13H2,1-2H3,(H,20,21). The lowest BCUT2D eigenvalue weighted by Crippen LogP contribution is -2.26. The second-order valence-electron chi connectivity index (χ2n) is 4.97. The van der Waals surface area contributed by atoms with E-state index in [1.54, 1.807) is 11.8 Å². The smallest absolute Gasteiger partial charge is 0.152 e. The van der Waals surface area contributed by atoms with E-state index in [2.05, 4.69) is 67.2 Å². The maximum atomic E-state index is 5.40. The second-order valence-corrected chi connectivity index (χ2v) is 6.62. The summed E-state index contributed by atoms with van der Waals surface area (Å²) in [6.07, 6.45) is 2.00. The molecule has 0 saturated heterocycles. The molecular formula is C18H22N2S2. The first-order chi connectivity index (χ1) is 10.7. The van der Waals surface area contributed by atoms with Crippen molar-refractivity contribution < 1.29 is 0 Å². The summed E-state index contributed by atoms with van der Waals surface area (Å²) in [4.78, 5) is 0. The number of thioether (sulfide) groups is 1. The van der Waals surface area contributed by atoms with E-state index in [0.29, 0.717) is 0 Å². The Hall–Kier alpha value is -1.52. The van der Waals surface area contributed by atoms with Crippen LogP contribution in [0.3, 0.4) is 0 Å². The summed E-state index contributed by atoms with van der Waals surface area (Å²) in [5.41, 5.74) is 11.5. The van der Waals surface area contributed by atoms with Gasteiger partial charge in [0.25, 0.3) is 0 Å². The molecule has 0 radical (unpaired) electrons. The number of thiocarbonyl (C=S) groups is 1. The Morgan fingerprint density at radius 1 is 0.955 bits per heavy atom. The monoisotopic (exact) mass is 330 g/mol. The van der Waals surface area contributed by atoms with Gasteiger partial charge < -0.3 is 0 Å². The van der Waals surface area contributed by atoms with Crippen LogP contribution in [0.5, 0.6) is 0 Å². The minimum absolute atomic E-state index is 0.761. The zero-order valence-corrected chi connectivity index (χ0v) is 14.7. The van der Waals surface area contributed by atoms with Crippen LogP contribution < -0.4 is 10.9 Å². The Balaban J connectivity index is 1.91. The van der Waals surface area contributed by atoms with Crippen LogP contribution in [0.25, 0.3) is 0 Å². The van der Waals surface area contributed by atoms with Gasteiger partial charge in [0.05, 0.1) is 5.69 Å². The molecule has 0 atom stereocenters. The Labute approximate surface area is 142 Å². The molecule has 0 aliphatic heterocycles. The third-order valence-corrected chi connectivity index (χ3v) is 4.80. The van der Waals surface area contributed by atoms with Crippen molar-refractivity contribution in [1.29, 1.82) is 0 Å². The Morgan fingerprint density at radius 3 is 2.18 bits per heavy atom. The summed E-state index contributed by atoms with van der Waals surface area (Å²) < 4.78 is 0.761. The lowest BCUT2D eigenvalue weighted by Gasteiger charge is -2.17. The van der Waals surface area contributed by atoms with Crippen molar-refractivity contribution in [3.63, 3.8) is 0 Å². The zero-order valence-electron chi connectivity index (χ0n) is 13.1. The average Bonchev–Trinajstić information content (AvgIpc) is 2.58. The average molecular weight is 331 g/mol. The molecule has 0 amide bonds. The number of para-hydroxylation sites is 1. The summed E-state index contributed by atoms with van der Waals surface area (Å²) in [5, 5.41) is 0. The van der Waals surface area contributed by atoms with Crippen LogP contribution >= 0.6 is 24.0 Å². The quantitative estimate of drug-likeness (QED) is 0.578. The number of anilines is 1. The van der Waals surface area contributed by atoms with Crippen LogP contribution in [0.1, 0.15) is 30.5 Å². The lowest BCUT2D eigenvalue weighted by molar-refractivity contribution is 1.05. The van der Waals surface area contributed by atoms with Crippen LogP contribution in [-0.2, 0) is 18.6 Å². The molecule has 2 aromatic rings. The molecular weight excluding hydrogens is 308 g/mol. The van der Waals surface area contributed by atoms with Crippen molar-refractivity contribution in [1.82, 2.24) is 5.43 Å². The summed E-state index contributed by atoms with van der Waals surface area (Å²) in [6.45, 7) is 4.34. The number of benzene rings is 2. The van der Waals surface area contributed by atoms with E-state index in [4.69, 9.17) is 12.2 Å². The van der Waals surface area contributed by atoms with E-state index in [0.717, 1.165) is 28.6 Å². The van der Waals surface area contributed by atoms with Crippen LogP contribution in [0.2, 0.25) is 0 Å². The Kier molecular flexibility index (Phi) is 6.74. The number of aryl methyl sites for hydroxylation is 2. The first-order valence-corrected chi connectivity index (χ1v) is 8.97. The molecule has 4 heteroatoms. The number of hydrazine groups is 1. The third kappa shape index (κ3) is 4.75. The largest absolute Gasteiger partial charge is 0.299 e. The summed E-state index contributed by atoms with van der Waals surface area (Å²) in [6, 6.07) is 16.8. The van der Waals surface area contributed by atoms with Crippen molar-refractivity contribution in [2.75, 3.05) is 5.43 Å². The normalized spacial score (nSPS) is 10.3. The van der Waals surface area contributed by atoms with E-state index in [1.807, 2.05) is 6.07 Å². The summed E-state index contributed by atoms with van der Waals surface area (Å²) in [5.74, 6) is 0.879. The lowest BCUT2D eigenvalue weighted by atomic mass is 10.0. The number of hydrogen-bond donors (Lipinski definition) is 2. The highest BCUT2D eigenvalue weighted by atomic mass is 32.2.